The number of aliphatic carboxylic acids is 1. The average Bonchev–Trinajstić information content (AvgIpc) is 3.47. The molecule has 3 aliphatic rings. The molecular formula is C36H49N5O10S. The Bertz CT molecular complexity index is 1830. The molecule has 5 N–H and O–H groups in total. The molecule has 0 aromatic heterocycles. The number of carboxylic acid groups (broad SMARTS) is 1. The van der Waals surface area contributed by atoms with Crippen molar-refractivity contribution >= 4 is 39.6 Å². The van der Waals surface area contributed by atoms with Gasteiger partial charge in [0.2, 0.25) is 5.60 Å². The number of allylic oxidation sites excluding steroid dienone is 3. The maximum Gasteiger partial charge on any atom is 0.364 e. The number of amidine groups is 1. The highest BCUT2D eigenvalue weighted by atomic mass is 32.2. The maximum absolute atomic E-state index is 13.5. The van der Waals surface area contributed by atoms with E-state index in [-0.39, 0.29) is 34.1 Å². The number of nitrogens with two attached hydrogens (primary N) is 1. The number of nitrogens with one attached hydrogen (secondary N) is 1. The largest absolute Gasteiger partial charge is 0.478 e. The van der Waals surface area contributed by atoms with Gasteiger partial charge in [0.25, 0.3) is 11.8 Å². The summed E-state index contributed by atoms with van der Waals surface area (Å²) in [6.07, 6.45) is 7.90. The number of β-lactam (4-membered cyclic amide) rings is 1. The molecule has 4 atom stereocenters. The van der Waals surface area contributed by atoms with Crippen molar-refractivity contribution in [1.82, 2.24) is 9.62 Å². The van der Waals surface area contributed by atoms with Gasteiger partial charge in [0, 0.05) is 17.9 Å². The summed E-state index contributed by atoms with van der Waals surface area (Å²) in [5, 5.41) is 15.5. The van der Waals surface area contributed by atoms with Gasteiger partial charge in [-0.1, -0.05) is 54.8 Å². The number of hydrogen-bond acceptors (Lipinski definition) is 11. The van der Waals surface area contributed by atoms with Crippen molar-refractivity contribution in [3.05, 3.63) is 64.4 Å². The van der Waals surface area contributed by atoms with Crippen LogP contribution >= 0.6 is 0 Å². The van der Waals surface area contributed by atoms with E-state index >= 15 is 0 Å². The van der Waals surface area contributed by atoms with Gasteiger partial charge in [-0.15, -0.1) is 0 Å². The Balaban J connectivity index is 1.62. The number of oxime groups is 1. The molecule has 0 bridgehead atoms. The second-order valence-electron chi connectivity index (χ2n) is 13.9. The number of hydrogen-bond donors (Lipinski definition) is 4. The van der Waals surface area contributed by atoms with E-state index in [1.165, 1.54) is 25.5 Å². The molecular weight excluding hydrogens is 694 g/mol. The number of carbonyl (C=O) groups is 3. The normalized spacial score (nSPS) is 22.2. The summed E-state index contributed by atoms with van der Waals surface area (Å²) >= 11 is 0. The van der Waals surface area contributed by atoms with Gasteiger partial charge in [0.05, 0.1) is 5.70 Å². The third-order valence-corrected chi connectivity index (χ3v) is 10.2. The molecule has 284 valence electrons. The molecule has 0 radical (unpaired) electrons. The Morgan fingerprint density at radius 2 is 1.94 bits per heavy atom. The van der Waals surface area contributed by atoms with E-state index in [0.29, 0.717) is 5.75 Å². The zero-order valence-electron chi connectivity index (χ0n) is 30.5. The highest BCUT2D eigenvalue weighted by Crippen LogP contribution is 2.45. The second kappa shape index (κ2) is 16.4. The lowest BCUT2D eigenvalue weighted by Gasteiger charge is -2.43. The zero-order chi connectivity index (χ0) is 38.5. The lowest BCUT2D eigenvalue weighted by atomic mass is 9.73. The van der Waals surface area contributed by atoms with E-state index in [1.54, 1.807) is 0 Å². The Kier molecular flexibility index (Phi) is 12.7. The van der Waals surface area contributed by atoms with Crippen molar-refractivity contribution in [2.45, 2.75) is 110 Å². The lowest BCUT2D eigenvalue weighted by Crippen LogP contribution is -2.73. The number of unbranched alkanes of at least 4 members (excludes halogenated alkanes) is 2. The number of nitrogens with zero attached hydrogens (tertiary/aromatic N) is 3. The minimum absolute atomic E-state index is 0.0369. The van der Waals surface area contributed by atoms with Gasteiger partial charge in [-0.05, 0) is 89.5 Å². The number of carboxylic acids is 1. The van der Waals surface area contributed by atoms with Gasteiger partial charge in [0.1, 0.15) is 11.6 Å². The molecule has 2 heterocycles. The maximum atomic E-state index is 13.5. The monoisotopic (exact) mass is 743 g/mol. The predicted octanol–water partition coefficient (Wildman–Crippen LogP) is 4.43. The van der Waals surface area contributed by atoms with Crippen LogP contribution in [-0.4, -0.2) is 76.4 Å². The molecule has 2 amide bonds. The van der Waals surface area contributed by atoms with E-state index in [4.69, 9.17) is 20.0 Å². The van der Waals surface area contributed by atoms with Crippen LogP contribution in [0.25, 0.3) is 0 Å². The number of aryl methyl sites for hydroxylation is 2. The van der Waals surface area contributed by atoms with Gasteiger partial charge in [0.15, 0.2) is 24.8 Å². The SMILES string of the molecule is C=C(C)[C@@H]1CCC(C)=C[C@H]1c1c(C)cc(CCCCC)cc1OCOC1[C@H](NC(=O)/C(=N\OC(C)(C)C(=O)O)C2=CCC(N)=N2)C(=O)N1S(=O)(=O)O. The van der Waals surface area contributed by atoms with Gasteiger partial charge in [-0.2, -0.15) is 12.7 Å². The first-order valence-corrected chi connectivity index (χ1v) is 18.6. The minimum atomic E-state index is -5.12. The first-order valence-electron chi connectivity index (χ1n) is 17.2. The van der Waals surface area contributed by atoms with E-state index in [9.17, 15) is 32.5 Å². The number of carbonyl (C=O) groups excluding carboxylic acids is 2. The van der Waals surface area contributed by atoms with Crippen LogP contribution < -0.4 is 15.8 Å². The van der Waals surface area contributed by atoms with Crippen molar-refractivity contribution in [3.63, 3.8) is 0 Å². The average molecular weight is 744 g/mol. The Morgan fingerprint density at radius 3 is 2.54 bits per heavy atom. The molecule has 1 unspecified atom stereocenters. The number of rotatable bonds is 17. The molecule has 2 aliphatic heterocycles. The molecule has 1 aromatic carbocycles. The first kappa shape index (κ1) is 40.2. The molecule has 1 saturated heterocycles. The summed E-state index contributed by atoms with van der Waals surface area (Å²) in [5.74, 6) is -2.86. The molecule has 1 aromatic rings. The predicted molar refractivity (Wildman–Crippen MR) is 194 cm³/mol. The molecule has 0 saturated carbocycles. The van der Waals surface area contributed by atoms with Crippen molar-refractivity contribution in [1.29, 1.82) is 0 Å². The molecule has 52 heavy (non-hydrogen) atoms. The summed E-state index contributed by atoms with van der Waals surface area (Å²) in [6.45, 7) is 14.3. The van der Waals surface area contributed by atoms with Crippen molar-refractivity contribution in [2.75, 3.05) is 6.79 Å². The second-order valence-corrected chi connectivity index (χ2v) is 15.2. The number of ether oxygens (including phenoxy) is 2. The van der Waals surface area contributed by atoms with Crippen LogP contribution in [0.1, 0.15) is 95.8 Å². The Morgan fingerprint density at radius 1 is 1.23 bits per heavy atom. The minimum Gasteiger partial charge on any atom is -0.478 e. The highest BCUT2D eigenvalue weighted by molar-refractivity contribution is 7.84. The molecule has 1 fully saturated rings. The van der Waals surface area contributed by atoms with Crippen LogP contribution in [0, 0.1) is 12.8 Å². The summed E-state index contributed by atoms with van der Waals surface area (Å²) in [6, 6.07) is 2.47. The standard InChI is InChI=1S/C36H49N5O10S/c1-8-9-10-11-23-17-22(5)29(25-16-21(4)12-13-24(25)20(2)3)27(18-23)49-19-50-34-31(33(43)41(34)52(46,47)48)39-32(42)30(26-14-15-28(37)38-26)40-51-36(6,7)35(44)45/h14,16-18,24-25,31,34H,2,8-13,15,19H2,1,3-7H3,(H2,37,38)(H,39,42)(H,44,45)(H,46,47,48)/b40-30-/t24-,25+,31+,34?/m0/s1. The zero-order valence-corrected chi connectivity index (χ0v) is 31.3. The summed E-state index contributed by atoms with van der Waals surface area (Å²) in [5.41, 5.74) is 8.62. The van der Waals surface area contributed by atoms with Crippen molar-refractivity contribution < 1.29 is 46.8 Å². The van der Waals surface area contributed by atoms with Crippen molar-refractivity contribution in [3.8, 4) is 5.75 Å². The van der Waals surface area contributed by atoms with E-state index < -0.39 is 58.5 Å². The van der Waals surface area contributed by atoms with E-state index in [1.807, 2.05) is 19.9 Å². The number of benzene rings is 1. The fraction of sp³-hybridized carbons (Fsp3) is 0.528. The molecule has 16 heteroatoms. The fourth-order valence-corrected chi connectivity index (χ4v) is 7.16. The molecule has 1 aliphatic carbocycles. The summed E-state index contributed by atoms with van der Waals surface area (Å²) < 4.78 is 46.4. The van der Waals surface area contributed by atoms with Crippen LogP contribution in [0.5, 0.6) is 5.75 Å². The van der Waals surface area contributed by atoms with Crippen molar-refractivity contribution in [2.24, 2.45) is 21.8 Å². The van der Waals surface area contributed by atoms with E-state index in [0.717, 1.165) is 60.8 Å². The molecule has 4 rings (SSSR count). The number of amides is 2. The van der Waals surface area contributed by atoms with Gasteiger partial charge in [-0.3, -0.25) is 14.1 Å². The van der Waals surface area contributed by atoms with Crippen LogP contribution in [0.2, 0.25) is 0 Å². The number of aliphatic imine (C=N–C) groups is 1. The van der Waals surface area contributed by atoms with Gasteiger partial charge >= 0.3 is 16.3 Å². The summed E-state index contributed by atoms with van der Waals surface area (Å²) in [7, 11) is -5.12. The third-order valence-electron chi connectivity index (χ3n) is 9.29. The van der Waals surface area contributed by atoms with Crippen LogP contribution in [0.15, 0.2) is 57.9 Å². The third kappa shape index (κ3) is 9.27. The molecule has 0 spiro atoms. The first-order chi connectivity index (χ1) is 24.3. The van der Waals surface area contributed by atoms with Crippen LogP contribution in [-0.2, 0) is 40.7 Å². The Hall–Kier alpha value is -4.54. The highest BCUT2D eigenvalue weighted by Gasteiger charge is 2.55. The van der Waals surface area contributed by atoms with Gasteiger partial charge < -0.3 is 30.5 Å². The quantitative estimate of drug-likeness (QED) is 0.0333. The lowest BCUT2D eigenvalue weighted by molar-refractivity contribution is -0.179. The van der Waals surface area contributed by atoms with E-state index in [2.05, 4.69) is 48.0 Å². The van der Waals surface area contributed by atoms with Crippen LogP contribution in [0.4, 0.5) is 0 Å². The fourth-order valence-electron chi connectivity index (χ4n) is 6.37. The summed E-state index contributed by atoms with van der Waals surface area (Å²) in [4.78, 5) is 47.2. The van der Waals surface area contributed by atoms with Crippen LogP contribution in [0.3, 0.4) is 0 Å². The Labute approximate surface area is 304 Å². The topological polar surface area (TPSA) is 220 Å². The van der Waals surface area contributed by atoms with Gasteiger partial charge in [-0.25, -0.2) is 9.79 Å². The smallest absolute Gasteiger partial charge is 0.364 e. The molecule has 15 nitrogen and oxygen atoms in total.